The van der Waals surface area contributed by atoms with Crippen molar-refractivity contribution in [2.75, 3.05) is 32.8 Å². The van der Waals surface area contributed by atoms with Crippen LogP contribution < -0.4 is 10.6 Å². The summed E-state index contributed by atoms with van der Waals surface area (Å²) in [7, 11) is 0. The number of rotatable bonds is 6. The largest absolute Gasteiger partial charge is 0.378 e. The Bertz CT molecular complexity index is 502. The van der Waals surface area contributed by atoms with Gasteiger partial charge in [0.25, 0.3) is 0 Å². The van der Waals surface area contributed by atoms with Gasteiger partial charge in [0.15, 0.2) is 5.96 Å². The highest BCUT2D eigenvalue weighted by molar-refractivity contribution is 14.0. The van der Waals surface area contributed by atoms with Crippen LogP contribution in [0.4, 0.5) is 0 Å². The molecule has 0 aromatic rings. The van der Waals surface area contributed by atoms with Gasteiger partial charge in [0.1, 0.15) is 6.54 Å². The Labute approximate surface area is 181 Å². The third kappa shape index (κ3) is 5.28. The predicted octanol–water partition coefficient (Wildman–Crippen LogP) is 2.91. The third-order valence-electron chi connectivity index (χ3n) is 6.42. The smallest absolute Gasteiger partial charge is 0.244 e. The van der Waals surface area contributed by atoms with Crippen molar-refractivity contribution in [3.8, 4) is 0 Å². The van der Waals surface area contributed by atoms with Crippen molar-refractivity contribution in [3.63, 3.8) is 0 Å². The number of carbonyl (C=O) groups excluding carboxylic acids is 1. The molecule has 1 saturated heterocycles. The van der Waals surface area contributed by atoms with Crippen LogP contribution in [-0.2, 0) is 9.53 Å². The van der Waals surface area contributed by atoms with Gasteiger partial charge in [-0.15, -0.1) is 24.0 Å². The van der Waals surface area contributed by atoms with Gasteiger partial charge in [0.2, 0.25) is 5.91 Å². The Balaban J connectivity index is 0.00000261. The average molecular weight is 492 g/mol. The summed E-state index contributed by atoms with van der Waals surface area (Å²) in [6.07, 6.45) is 10.1. The zero-order chi connectivity index (χ0) is 18.4. The van der Waals surface area contributed by atoms with Crippen LogP contribution in [0.3, 0.4) is 0 Å². The van der Waals surface area contributed by atoms with Gasteiger partial charge in [-0.1, -0.05) is 19.3 Å². The highest BCUT2D eigenvalue weighted by atomic mass is 127. The van der Waals surface area contributed by atoms with E-state index in [4.69, 9.17) is 4.74 Å². The second-order valence-corrected chi connectivity index (χ2v) is 7.95. The molecule has 156 valence electrons. The number of nitrogens with zero attached hydrogens (tertiary/aromatic N) is 2. The molecule has 2 aliphatic carbocycles. The van der Waals surface area contributed by atoms with Crippen molar-refractivity contribution in [1.29, 1.82) is 0 Å². The number of hydrogen-bond donors (Lipinski definition) is 2. The maximum absolute atomic E-state index is 12.3. The Morgan fingerprint density at radius 2 is 1.85 bits per heavy atom. The number of guanidine groups is 1. The number of hydrogen-bond acceptors (Lipinski definition) is 3. The van der Waals surface area contributed by atoms with Crippen LogP contribution in [0.1, 0.15) is 65.2 Å². The number of amides is 1. The lowest BCUT2D eigenvalue weighted by Crippen LogP contribution is -2.66. The average Bonchev–Trinajstić information content (AvgIpc) is 3.20. The minimum Gasteiger partial charge on any atom is -0.378 e. The van der Waals surface area contributed by atoms with Crippen LogP contribution in [0.5, 0.6) is 0 Å². The molecule has 1 aliphatic heterocycles. The van der Waals surface area contributed by atoms with E-state index in [2.05, 4.69) is 29.5 Å². The molecule has 0 radical (unpaired) electrons. The molecule has 2 N–H and O–H groups in total. The summed E-state index contributed by atoms with van der Waals surface area (Å²) < 4.78 is 6.05. The molecule has 2 saturated carbocycles. The van der Waals surface area contributed by atoms with Crippen molar-refractivity contribution in [2.45, 2.75) is 77.4 Å². The fourth-order valence-corrected chi connectivity index (χ4v) is 4.96. The quantitative estimate of drug-likeness (QED) is 0.340. The number of likely N-dealkylation sites (tertiary alicyclic amines) is 1. The molecule has 27 heavy (non-hydrogen) atoms. The number of aliphatic imine (C=N–C) groups is 1. The van der Waals surface area contributed by atoms with Gasteiger partial charge in [-0.3, -0.25) is 4.79 Å². The topological polar surface area (TPSA) is 66.0 Å². The van der Waals surface area contributed by atoms with Crippen molar-refractivity contribution in [2.24, 2.45) is 10.4 Å². The van der Waals surface area contributed by atoms with Gasteiger partial charge in [-0.25, -0.2) is 4.99 Å². The van der Waals surface area contributed by atoms with Gasteiger partial charge in [0.05, 0.1) is 6.10 Å². The van der Waals surface area contributed by atoms with E-state index in [-0.39, 0.29) is 41.8 Å². The molecular weight excluding hydrogens is 455 g/mol. The Morgan fingerprint density at radius 1 is 1.15 bits per heavy atom. The second-order valence-electron chi connectivity index (χ2n) is 7.95. The summed E-state index contributed by atoms with van der Waals surface area (Å²) in [5.41, 5.74) is 0.253. The molecule has 1 spiro atoms. The van der Waals surface area contributed by atoms with Crippen LogP contribution in [0.25, 0.3) is 0 Å². The van der Waals surface area contributed by atoms with Gasteiger partial charge in [-0.05, 0) is 46.0 Å². The lowest BCUT2D eigenvalue weighted by atomic mass is 9.55. The Morgan fingerprint density at radius 3 is 2.48 bits per heavy atom. The van der Waals surface area contributed by atoms with E-state index in [1.165, 1.54) is 32.1 Å². The third-order valence-corrected chi connectivity index (χ3v) is 6.42. The summed E-state index contributed by atoms with van der Waals surface area (Å²) in [4.78, 5) is 18.8. The van der Waals surface area contributed by atoms with E-state index in [0.29, 0.717) is 12.1 Å². The SMILES string of the molecule is CCNC(=NCC(=O)N1CCCC1)NC1CC(OCC)C12CCCCC2.I. The molecule has 0 bridgehead atoms. The molecule has 0 aromatic carbocycles. The standard InChI is InChI=1S/C20H36N4O2.HI/c1-3-21-19(22-15-18(25)24-12-8-9-13-24)23-16-14-17(26-4-2)20(16)10-6-5-7-11-20;/h16-17H,3-15H2,1-2H3,(H2,21,22,23);1H. The zero-order valence-electron chi connectivity index (χ0n) is 17.0. The van der Waals surface area contributed by atoms with Crippen molar-refractivity contribution in [3.05, 3.63) is 0 Å². The van der Waals surface area contributed by atoms with Gasteiger partial charge >= 0.3 is 0 Å². The first-order valence-corrected chi connectivity index (χ1v) is 10.6. The van der Waals surface area contributed by atoms with Gasteiger partial charge < -0.3 is 20.3 Å². The first-order chi connectivity index (χ1) is 12.7. The van der Waals surface area contributed by atoms with Crippen molar-refractivity contribution >= 4 is 35.8 Å². The molecule has 3 aliphatic rings. The Kier molecular flexibility index (Phi) is 9.11. The zero-order valence-corrected chi connectivity index (χ0v) is 19.3. The molecule has 1 amide bonds. The monoisotopic (exact) mass is 492 g/mol. The first-order valence-electron chi connectivity index (χ1n) is 10.6. The van der Waals surface area contributed by atoms with Crippen LogP contribution in [-0.4, -0.2) is 61.7 Å². The molecule has 0 aromatic heterocycles. The summed E-state index contributed by atoms with van der Waals surface area (Å²) in [6, 6.07) is 0.402. The fourth-order valence-electron chi connectivity index (χ4n) is 4.96. The molecule has 2 unspecified atom stereocenters. The van der Waals surface area contributed by atoms with Crippen LogP contribution in [0, 0.1) is 5.41 Å². The maximum atomic E-state index is 12.3. The summed E-state index contributed by atoms with van der Waals surface area (Å²) in [6.45, 7) is 7.77. The first kappa shape index (κ1) is 22.7. The van der Waals surface area contributed by atoms with Crippen molar-refractivity contribution < 1.29 is 9.53 Å². The molecule has 3 rings (SSSR count). The Hall–Kier alpha value is -0.570. The lowest BCUT2D eigenvalue weighted by Gasteiger charge is -2.57. The highest BCUT2D eigenvalue weighted by Crippen LogP contribution is 2.53. The lowest BCUT2D eigenvalue weighted by molar-refractivity contribution is -0.145. The minimum absolute atomic E-state index is 0. The maximum Gasteiger partial charge on any atom is 0.244 e. The van der Waals surface area contributed by atoms with Crippen LogP contribution in [0.2, 0.25) is 0 Å². The minimum atomic E-state index is 0. The number of halogens is 1. The molecule has 2 atom stereocenters. The number of ether oxygens (including phenoxy) is 1. The molecule has 3 fully saturated rings. The molecule has 6 nitrogen and oxygen atoms in total. The van der Waals surface area contributed by atoms with E-state index in [0.717, 1.165) is 51.5 Å². The number of nitrogens with one attached hydrogen (secondary N) is 2. The molecular formula is C20H37IN4O2. The fraction of sp³-hybridized carbons (Fsp3) is 0.900. The molecule has 1 heterocycles. The van der Waals surface area contributed by atoms with E-state index in [1.54, 1.807) is 0 Å². The summed E-state index contributed by atoms with van der Waals surface area (Å²) in [5.74, 6) is 0.929. The van der Waals surface area contributed by atoms with Crippen molar-refractivity contribution in [1.82, 2.24) is 15.5 Å². The van der Waals surface area contributed by atoms with E-state index >= 15 is 0 Å². The number of carbonyl (C=O) groups is 1. The summed E-state index contributed by atoms with van der Waals surface area (Å²) >= 11 is 0. The highest BCUT2D eigenvalue weighted by Gasteiger charge is 2.55. The van der Waals surface area contributed by atoms with E-state index in [9.17, 15) is 4.79 Å². The van der Waals surface area contributed by atoms with Gasteiger partial charge in [-0.2, -0.15) is 0 Å². The van der Waals surface area contributed by atoms with Crippen LogP contribution in [0.15, 0.2) is 4.99 Å². The predicted molar refractivity (Wildman–Crippen MR) is 120 cm³/mol. The van der Waals surface area contributed by atoms with E-state index in [1.807, 2.05) is 4.90 Å². The molecule has 7 heteroatoms. The summed E-state index contributed by atoms with van der Waals surface area (Å²) in [5, 5.41) is 6.96. The normalized spacial score (nSPS) is 27.0. The van der Waals surface area contributed by atoms with E-state index < -0.39 is 0 Å². The van der Waals surface area contributed by atoms with Gasteiger partial charge in [0, 0.05) is 37.7 Å². The second kappa shape index (κ2) is 10.8. The van der Waals surface area contributed by atoms with Crippen LogP contribution >= 0.6 is 24.0 Å².